The number of rotatable bonds is 7. The van der Waals surface area contributed by atoms with Crippen molar-refractivity contribution in [2.24, 2.45) is 10.9 Å². The van der Waals surface area contributed by atoms with Crippen LogP contribution in [0.25, 0.3) is 0 Å². The first kappa shape index (κ1) is 18.7. The molecule has 0 radical (unpaired) electrons. The molecule has 24 heavy (non-hydrogen) atoms. The zero-order chi connectivity index (χ0) is 17.4. The number of likely N-dealkylation sites (tertiary alicyclic amines) is 1. The number of ether oxygens (including phenoxy) is 1. The van der Waals surface area contributed by atoms with Gasteiger partial charge in [-0.2, -0.15) is 0 Å². The summed E-state index contributed by atoms with van der Waals surface area (Å²) in [6, 6.07) is 8.58. The number of hydrogen-bond acceptors (Lipinski definition) is 3. The Hall–Kier alpha value is -1.59. The molecule has 1 aliphatic heterocycles. The molecule has 0 spiro atoms. The average Bonchev–Trinajstić information content (AvgIpc) is 3.01. The number of benzene rings is 1. The molecular formula is C19H32N4O. The topological polar surface area (TPSA) is 40.1 Å². The maximum absolute atomic E-state index is 5.30. The van der Waals surface area contributed by atoms with Gasteiger partial charge in [-0.15, -0.1) is 0 Å². The molecule has 0 amide bonds. The summed E-state index contributed by atoms with van der Waals surface area (Å²) in [5.74, 6) is 1.63. The highest BCUT2D eigenvalue weighted by atomic mass is 16.5. The first-order chi connectivity index (χ1) is 11.6. The summed E-state index contributed by atoms with van der Waals surface area (Å²) in [5.41, 5.74) is 2.65. The average molecular weight is 332 g/mol. The molecule has 5 heteroatoms. The lowest BCUT2D eigenvalue weighted by Crippen LogP contribution is -2.40. The van der Waals surface area contributed by atoms with Crippen molar-refractivity contribution in [3.8, 4) is 0 Å². The Labute approximate surface area is 146 Å². The maximum atomic E-state index is 5.30. The van der Waals surface area contributed by atoms with E-state index < -0.39 is 0 Å². The molecule has 1 aromatic rings. The zero-order valence-electron chi connectivity index (χ0n) is 15.6. The van der Waals surface area contributed by atoms with Crippen molar-refractivity contribution in [2.75, 3.05) is 47.4 Å². The van der Waals surface area contributed by atoms with Gasteiger partial charge in [0, 0.05) is 39.2 Å². The number of nitrogens with zero attached hydrogens (tertiary/aromatic N) is 3. The van der Waals surface area contributed by atoms with Crippen molar-refractivity contribution in [1.82, 2.24) is 15.1 Å². The van der Waals surface area contributed by atoms with Gasteiger partial charge in [-0.25, -0.2) is 4.99 Å². The van der Waals surface area contributed by atoms with Crippen LogP contribution in [-0.4, -0.2) is 63.2 Å². The summed E-state index contributed by atoms with van der Waals surface area (Å²) in [6.07, 6.45) is 1.18. The van der Waals surface area contributed by atoms with E-state index in [2.05, 4.69) is 60.4 Å². The van der Waals surface area contributed by atoms with Gasteiger partial charge in [0.2, 0.25) is 0 Å². The number of nitrogens with one attached hydrogen (secondary N) is 1. The molecule has 1 saturated heterocycles. The largest absolute Gasteiger partial charge is 0.384 e. The van der Waals surface area contributed by atoms with E-state index in [0.29, 0.717) is 5.92 Å². The van der Waals surface area contributed by atoms with Gasteiger partial charge in [0.05, 0.1) is 13.2 Å². The predicted molar refractivity (Wildman–Crippen MR) is 100 cm³/mol. The summed E-state index contributed by atoms with van der Waals surface area (Å²) in [6.45, 7) is 7.60. The van der Waals surface area contributed by atoms with Crippen molar-refractivity contribution in [2.45, 2.75) is 26.4 Å². The normalized spacial score (nSPS) is 18.5. The fourth-order valence-corrected chi connectivity index (χ4v) is 3.19. The second-order valence-electron chi connectivity index (χ2n) is 6.73. The summed E-state index contributed by atoms with van der Waals surface area (Å²) in [7, 11) is 5.98. The smallest absolute Gasteiger partial charge is 0.194 e. The molecule has 0 saturated carbocycles. The third-order valence-electron chi connectivity index (χ3n) is 4.33. The summed E-state index contributed by atoms with van der Waals surface area (Å²) < 4.78 is 5.30. The van der Waals surface area contributed by atoms with Gasteiger partial charge in [-0.3, -0.25) is 0 Å². The molecule has 0 bridgehead atoms. The van der Waals surface area contributed by atoms with E-state index in [-0.39, 0.29) is 0 Å². The van der Waals surface area contributed by atoms with Crippen LogP contribution >= 0.6 is 0 Å². The molecular weight excluding hydrogens is 300 g/mol. The van der Waals surface area contributed by atoms with E-state index in [0.717, 1.165) is 45.3 Å². The Morgan fingerprint density at radius 3 is 2.75 bits per heavy atom. The first-order valence-corrected chi connectivity index (χ1v) is 8.87. The van der Waals surface area contributed by atoms with E-state index in [4.69, 9.17) is 9.73 Å². The summed E-state index contributed by atoms with van der Waals surface area (Å²) >= 11 is 0. The van der Waals surface area contributed by atoms with E-state index >= 15 is 0 Å². The third-order valence-corrected chi connectivity index (χ3v) is 4.33. The number of hydrogen-bond donors (Lipinski definition) is 1. The van der Waals surface area contributed by atoms with E-state index in [1.54, 1.807) is 7.11 Å². The van der Waals surface area contributed by atoms with Crippen LogP contribution in [0.2, 0.25) is 0 Å². The molecule has 1 N–H and O–H groups in total. The van der Waals surface area contributed by atoms with Crippen LogP contribution in [0.5, 0.6) is 0 Å². The van der Waals surface area contributed by atoms with Crippen molar-refractivity contribution in [3.05, 3.63) is 35.4 Å². The third kappa shape index (κ3) is 5.49. The van der Waals surface area contributed by atoms with Crippen molar-refractivity contribution >= 4 is 5.96 Å². The van der Waals surface area contributed by atoms with Gasteiger partial charge in [0.1, 0.15) is 0 Å². The second-order valence-corrected chi connectivity index (χ2v) is 6.73. The Morgan fingerprint density at radius 1 is 1.33 bits per heavy atom. The van der Waals surface area contributed by atoms with Crippen LogP contribution in [0.3, 0.4) is 0 Å². The predicted octanol–water partition coefficient (Wildman–Crippen LogP) is 2.18. The van der Waals surface area contributed by atoms with Crippen LogP contribution in [0.15, 0.2) is 29.3 Å². The fourth-order valence-electron chi connectivity index (χ4n) is 3.19. The van der Waals surface area contributed by atoms with Crippen LogP contribution < -0.4 is 5.32 Å². The monoisotopic (exact) mass is 332 g/mol. The minimum absolute atomic E-state index is 0.611. The molecule has 1 atom stereocenters. The lowest BCUT2D eigenvalue weighted by Gasteiger charge is -2.22. The van der Waals surface area contributed by atoms with E-state index in [1.807, 2.05) is 0 Å². The quantitative estimate of drug-likeness (QED) is 0.614. The van der Waals surface area contributed by atoms with Crippen LogP contribution in [0, 0.1) is 5.92 Å². The Kier molecular flexibility index (Phi) is 7.53. The maximum Gasteiger partial charge on any atom is 0.194 e. The molecule has 0 aromatic heterocycles. The van der Waals surface area contributed by atoms with Crippen molar-refractivity contribution < 1.29 is 4.74 Å². The van der Waals surface area contributed by atoms with Crippen molar-refractivity contribution in [1.29, 1.82) is 0 Å². The first-order valence-electron chi connectivity index (χ1n) is 8.87. The highest BCUT2D eigenvalue weighted by molar-refractivity contribution is 5.80. The molecule has 1 aromatic carbocycles. The molecule has 1 fully saturated rings. The van der Waals surface area contributed by atoms with Crippen molar-refractivity contribution in [3.63, 3.8) is 0 Å². The summed E-state index contributed by atoms with van der Waals surface area (Å²) in [5, 5.41) is 3.44. The molecule has 0 aliphatic carbocycles. The molecule has 1 aliphatic rings. The molecule has 134 valence electrons. The van der Waals surface area contributed by atoms with Gasteiger partial charge < -0.3 is 19.9 Å². The molecule has 2 rings (SSSR count). The lowest BCUT2D eigenvalue weighted by molar-refractivity contribution is 0.157. The Balaban J connectivity index is 2.06. The second kappa shape index (κ2) is 9.64. The van der Waals surface area contributed by atoms with Gasteiger partial charge in [-0.05, 0) is 38.6 Å². The summed E-state index contributed by atoms with van der Waals surface area (Å²) in [4.78, 5) is 9.46. The Morgan fingerprint density at radius 2 is 2.08 bits per heavy atom. The van der Waals surface area contributed by atoms with Crippen LogP contribution in [0.1, 0.15) is 24.5 Å². The Bertz CT molecular complexity index is 530. The molecule has 1 unspecified atom stereocenters. The molecule has 1 heterocycles. The standard InChI is InChI=1S/C19H32N4O/c1-5-20-19(23-11-10-16(13-23)15-24-4)21-12-17-8-6-7-9-18(17)14-22(2)3/h6-9,16H,5,10-15H2,1-4H3,(H,20,21). The van der Waals surface area contributed by atoms with E-state index in [1.165, 1.54) is 17.5 Å². The minimum Gasteiger partial charge on any atom is -0.384 e. The van der Waals surface area contributed by atoms with Crippen LogP contribution in [-0.2, 0) is 17.8 Å². The lowest BCUT2D eigenvalue weighted by atomic mass is 10.1. The number of methoxy groups -OCH3 is 1. The molecule has 5 nitrogen and oxygen atoms in total. The zero-order valence-corrected chi connectivity index (χ0v) is 15.6. The highest BCUT2D eigenvalue weighted by Gasteiger charge is 2.24. The SMILES string of the molecule is CCNC(=NCc1ccccc1CN(C)C)N1CCC(COC)C1. The number of aliphatic imine (C=N–C) groups is 1. The van der Waals surface area contributed by atoms with Gasteiger partial charge in [-0.1, -0.05) is 24.3 Å². The van der Waals surface area contributed by atoms with Crippen LogP contribution in [0.4, 0.5) is 0 Å². The highest BCUT2D eigenvalue weighted by Crippen LogP contribution is 2.17. The van der Waals surface area contributed by atoms with E-state index in [9.17, 15) is 0 Å². The minimum atomic E-state index is 0.611. The van der Waals surface area contributed by atoms with Gasteiger partial charge in [0.15, 0.2) is 5.96 Å². The van der Waals surface area contributed by atoms with Gasteiger partial charge in [0.25, 0.3) is 0 Å². The number of guanidine groups is 1. The van der Waals surface area contributed by atoms with Gasteiger partial charge >= 0.3 is 0 Å². The fraction of sp³-hybridized carbons (Fsp3) is 0.632.